The molecule has 1 aliphatic rings. The fraction of sp³-hybridized carbons (Fsp3) is 0.0769. The Labute approximate surface area is 100.0 Å². The van der Waals surface area contributed by atoms with Gasteiger partial charge < -0.3 is 0 Å². The standard InChI is InChI=1S/C13H10.HO3P/c1-4-10-6-2-8-12-9-3-7-11(5-1)13(10)12;1-4(2)3/h1-8H,9H2;(H-,1,2,3)/p+1. The Morgan fingerprint density at radius 2 is 1.71 bits per heavy atom. The highest BCUT2D eigenvalue weighted by molar-refractivity contribution is 7.30. The first-order chi connectivity index (χ1) is 8.18. The molecule has 0 heterocycles. The normalized spacial score (nSPS) is 11.9. The molecule has 0 atom stereocenters. The van der Waals surface area contributed by atoms with Crippen molar-refractivity contribution in [1.82, 2.24) is 0 Å². The minimum Gasteiger partial charge on any atom is -0.134 e. The average Bonchev–Trinajstić information content (AvgIpc) is 2.30. The van der Waals surface area contributed by atoms with E-state index in [1.54, 1.807) is 0 Å². The molecule has 2 aromatic rings. The van der Waals surface area contributed by atoms with E-state index in [0.717, 1.165) is 6.42 Å². The Kier molecular flexibility index (Phi) is 3.64. The lowest BCUT2D eigenvalue weighted by atomic mass is 9.93. The van der Waals surface area contributed by atoms with Gasteiger partial charge in [0.05, 0.1) is 0 Å². The lowest BCUT2D eigenvalue weighted by molar-refractivity contribution is 0.405. The molecule has 1 aliphatic carbocycles. The number of hydrogen-bond acceptors (Lipinski definition) is 1. The van der Waals surface area contributed by atoms with Crippen molar-refractivity contribution in [3.8, 4) is 0 Å². The highest BCUT2D eigenvalue weighted by Gasteiger charge is 2.06. The van der Waals surface area contributed by atoms with E-state index in [1.165, 1.54) is 21.9 Å². The molecule has 0 saturated carbocycles. The van der Waals surface area contributed by atoms with Crippen LogP contribution in [0.4, 0.5) is 0 Å². The smallest absolute Gasteiger partial charge is 0.134 e. The van der Waals surface area contributed by atoms with Gasteiger partial charge in [-0.05, 0) is 28.3 Å². The van der Waals surface area contributed by atoms with Crippen LogP contribution in [0, 0.1) is 0 Å². The van der Waals surface area contributed by atoms with Gasteiger partial charge in [-0.1, -0.05) is 48.6 Å². The molecule has 0 unspecified atom stereocenters. The second-order valence-corrected chi connectivity index (χ2v) is 4.23. The SMILES string of the molecule is C1=Cc2cccc3cccc(c23)C1.O=[P+](O)O. The maximum absolute atomic E-state index is 8.70. The lowest BCUT2D eigenvalue weighted by Crippen LogP contribution is -1.91. The van der Waals surface area contributed by atoms with Crippen molar-refractivity contribution >= 4 is 25.1 Å². The quantitative estimate of drug-likeness (QED) is 0.703. The van der Waals surface area contributed by atoms with E-state index in [9.17, 15) is 0 Å². The summed E-state index contributed by atoms with van der Waals surface area (Å²) in [7, 11) is -2.87. The summed E-state index contributed by atoms with van der Waals surface area (Å²) in [6.45, 7) is 0. The minimum absolute atomic E-state index is 1.08. The van der Waals surface area contributed by atoms with Crippen LogP contribution in [0.5, 0.6) is 0 Å². The fourth-order valence-corrected chi connectivity index (χ4v) is 2.07. The van der Waals surface area contributed by atoms with Crippen molar-refractivity contribution in [1.29, 1.82) is 0 Å². The zero-order chi connectivity index (χ0) is 12.3. The van der Waals surface area contributed by atoms with Crippen LogP contribution in [0.3, 0.4) is 0 Å². The molecule has 17 heavy (non-hydrogen) atoms. The van der Waals surface area contributed by atoms with Gasteiger partial charge >= 0.3 is 8.25 Å². The molecule has 0 bridgehead atoms. The summed E-state index contributed by atoms with van der Waals surface area (Å²) in [6, 6.07) is 13.0. The molecular formula is C13H12O3P+. The van der Waals surface area contributed by atoms with Crippen molar-refractivity contribution in [3.63, 3.8) is 0 Å². The van der Waals surface area contributed by atoms with Gasteiger partial charge in [0.25, 0.3) is 0 Å². The van der Waals surface area contributed by atoms with Gasteiger partial charge in [-0.3, -0.25) is 0 Å². The molecule has 0 aliphatic heterocycles. The second-order valence-electron chi connectivity index (χ2n) is 3.72. The van der Waals surface area contributed by atoms with Crippen molar-refractivity contribution in [2.75, 3.05) is 0 Å². The van der Waals surface area contributed by atoms with E-state index in [2.05, 4.69) is 48.6 Å². The Balaban J connectivity index is 0.000000239. The Bertz CT molecular complexity index is 581. The molecule has 0 saturated heterocycles. The summed E-state index contributed by atoms with van der Waals surface area (Å²) in [5.74, 6) is 0. The van der Waals surface area contributed by atoms with Crippen LogP contribution < -0.4 is 0 Å². The first-order valence-electron chi connectivity index (χ1n) is 5.20. The largest absolute Gasteiger partial charge is 0.692 e. The maximum atomic E-state index is 8.70. The number of rotatable bonds is 0. The van der Waals surface area contributed by atoms with Gasteiger partial charge in [0, 0.05) is 4.57 Å². The number of allylic oxidation sites excluding steroid dienone is 1. The first-order valence-corrected chi connectivity index (χ1v) is 6.37. The van der Waals surface area contributed by atoms with Crippen LogP contribution in [-0.2, 0) is 11.0 Å². The van der Waals surface area contributed by atoms with E-state index < -0.39 is 8.25 Å². The van der Waals surface area contributed by atoms with Gasteiger partial charge in [-0.25, -0.2) is 0 Å². The molecule has 0 fully saturated rings. The van der Waals surface area contributed by atoms with Crippen LogP contribution in [0.1, 0.15) is 11.1 Å². The van der Waals surface area contributed by atoms with Gasteiger partial charge in [-0.2, -0.15) is 0 Å². The molecule has 0 radical (unpaired) electrons. The van der Waals surface area contributed by atoms with Crippen LogP contribution in [0.15, 0.2) is 42.5 Å². The zero-order valence-electron chi connectivity index (χ0n) is 9.08. The maximum Gasteiger partial charge on any atom is 0.692 e. The molecule has 3 nitrogen and oxygen atoms in total. The highest BCUT2D eigenvalue weighted by atomic mass is 31.1. The van der Waals surface area contributed by atoms with E-state index in [0.29, 0.717) is 0 Å². The predicted octanol–water partition coefficient (Wildman–Crippen LogP) is 3.04. The Morgan fingerprint density at radius 3 is 2.41 bits per heavy atom. The second kappa shape index (κ2) is 5.19. The van der Waals surface area contributed by atoms with Crippen molar-refractivity contribution in [2.45, 2.75) is 6.42 Å². The molecular weight excluding hydrogens is 235 g/mol. The van der Waals surface area contributed by atoms with E-state index in [-0.39, 0.29) is 0 Å². The predicted molar refractivity (Wildman–Crippen MR) is 68.7 cm³/mol. The summed E-state index contributed by atoms with van der Waals surface area (Å²) >= 11 is 0. The molecule has 0 aromatic heterocycles. The first kappa shape index (κ1) is 11.9. The summed E-state index contributed by atoms with van der Waals surface area (Å²) < 4.78 is 8.70. The molecule has 2 aromatic carbocycles. The van der Waals surface area contributed by atoms with Gasteiger partial charge in [0.15, 0.2) is 0 Å². The van der Waals surface area contributed by atoms with Crippen molar-refractivity contribution in [3.05, 3.63) is 53.6 Å². The monoisotopic (exact) mass is 247 g/mol. The minimum atomic E-state index is -2.87. The van der Waals surface area contributed by atoms with E-state index >= 15 is 0 Å². The number of hydrogen-bond donors (Lipinski definition) is 2. The molecule has 0 amide bonds. The molecule has 0 spiro atoms. The van der Waals surface area contributed by atoms with Crippen LogP contribution in [0.25, 0.3) is 16.8 Å². The fourth-order valence-electron chi connectivity index (χ4n) is 2.07. The third-order valence-electron chi connectivity index (χ3n) is 2.66. The van der Waals surface area contributed by atoms with Crippen molar-refractivity contribution < 1.29 is 14.4 Å². The summed E-state index contributed by atoms with van der Waals surface area (Å²) in [4.78, 5) is 14.2. The Hall–Kier alpha value is -1.54. The molecule has 2 N–H and O–H groups in total. The summed E-state index contributed by atoms with van der Waals surface area (Å²) in [5.41, 5.74) is 2.81. The molecule has 3 rings (SSSR count). The van der Waals surface area contributed by atoms with Crippen LogP contribution >= 0.6 is 8.25 Å². The van der Waals surface area contributed by atoms with E-state index in [4.69, 9.17) is 14.4 Å². The molecule has 86 valence electrons. The van der Waals surface area contributed by atoms with Crippen LogP contribution in [0.2, 0.25) is 0 Å². The van der Waals surface area contributed by atoms with Gasteiger partial charge in [0.2, 0.25) is 0 Å². The van der Waals surface area contributed by atoms with Crippen LogP contribution in [-0.4, -0.2) is 9.79 Å². The van der Waals surface area contributed by atoms with Crippen molar-refractivity contribution in [2.24, 2.45) is 0 Å². The third-order valence-corrected chi connectivity index (χ3v) is 2.66. The third kappa shape index (κ3) is 2.77. The summed E-state index contributed by atoms with van der Waals surface area (Å²) in [6.07, 6.45) is 5.53. The lowest BCUT2D eigenvalue weighted by Gasteiger charge is -2.11. The summed E-state index contributed by atoms with van der Waals surface area (Å²) in [5, 5.41) is 2.80. The van der Waals surface area contributed by atoms with Gasteiger partial charge in [-0.15, -0.1) is 9.79 Å². The zero-order valence-corrected chi connectivity index (χ0v) is 9.97. The average molecular weight is 247 g/mol. The highest BCUT2D eigenvalue weighted by Crippen LogP contribution is 2.27. The molecule has 4 heteroatoms. The topological polar surface area (TPSA) is 57.5 Å². The Morgan fingerprint density at radius 1 is 1.06 bits per heavy atom. The van der Waals surface area contributed by atoms with Gasteiger partial charge in [0.1, 0.15) is 0 Å². The van der Waals surface area contributed by atoms with E-state index in [1.807, 2.05) is 0 Å². The number of benzene rings is 2.